The quantitative estimate of drug-likeness (QED) is 0.439. The summed E-state index contributed by atoms with van der Waals surface area (Å²) in [5.41, 5.74) is 0.423. The molecule has 3 atom stereocenters. The Balaban J connectivity index is 1.46. The molecular formula is C27H36N2O7S. The molecule has 3 unspecified atom stereocenters. The zero-order valence-electron chi connectivity index (χ0n) is 21.8. The van der Waals surface area contributed by atoms with E-state index in [0.29, 0.717) is 35.6 Å². The number of carbonyl (C=O) groups excluding carboxylic acids is 2. The maximum absolute atomic E-state index is 12.9. The number of nitrogens with one attached hydrogen (secondary N) is 1. The number of anilines is 1. The van der Waals surface area contributed by atoms with E-state index in [0.717, 1.165) is 23.6 Å². The molecule has 2 aromatic carbocycles. The highest BCUT2D eigenvalue weighted by Gasteiger charge is 2.28. The van der Waals surface area contributed by atoms with Crippen LogP contribution >= 0.6 is 0 Å². The Hall–Kier alpha value is -3.27. The zero-order valence-corrected chi connectivity index (χ0v) is 22.6. The van der Waals surface area contributed by atoms with Crippen molar-refractivity contribution < 1.29 is 32.2 Å². The van der Waals surface area contributed by atoms with Gasteiger partial charge in [0.05, 0.1) is 17.2 Å². The first-order valence-electron chi connectivity index (χ1n) is 12.5. The molecule has 1 amide bonds. The van der Waals surface area contributed by atoms with Crippen molar-refractivity contribution in [3.63, 3.8) is 0 Å². The highest BCUT2D eigenvalue weighted by Crippen LogP contribution is 2.29. The molecule has 10 heteroatoms. The molecule has 0 aliphatic heterocycles. The van der Waals surface area contributed by atoms with Gasteiger partial charge in [0.1, 0.15) is 11.5 Å². The van der Waals surface area contributed by atoms with Crippen LogP contribution in [0, 0.1) is 11.8 Å². The summed E-state index contributed by atoms with van der Waals surface area (Å²) in [5.74, 6) is 0.906. The van der Waals surface area contributed by atoms with E-state index >= 15 is 0 Å². The summed E-state index contributed by atoms with van der Waals surface area (Å²) in [4.78, 5) is 24.4. The smallest absolute Gasteiger partial charge is 0.344 e. The lowest BCUT2D eigenvalue weighted by atomic mass is 9.78. The summed E-state index contributed by atoms with van der Waals surface area (Å²) in [6, 6.07) is 12.6. The van der Waals surface area contributed by atoms with Crippen molar-refractivity contribution >= 4 is 27.6 Å². The maximum Gasteiger partial charge on any atom is 0.344 e. The Morgan fingerprint density at radius 1 is 0.946 bits per heavy atom. The average Bonchev–Trinajstić information content (AvgIpc) is 2.89. The van der Waals surface area contributed by atoms with Crippen molar-refractivity contribution in [2.45, 2.75) is 51.0 Å². The van der Waals surface area contributed by atoms with E-state index in [4.69, 9.17) is 14.2 Å². The molecule has 0 bridgehead atoms. The third kappa shape index (κ3) is 7.61. The van der Waals surface area contributed by atoms with Crippen LogP contribution in [0.4, 0.5) is 5.69 Å². The Labute approximate surface area is 219 Å². The minimum atomic E-state index is -3.77. The predicted molar refractivity (Wildman–Crippen MR) is 140 cm³/mol. The first kappa shape index (κ1) is 28.3. The van der Waals surface area contributed by atoms with Gasteiger partial charge in [0.25, 0.3) is 15.9 Å². The zero-order chi connectivity index (χ0) is 27.0. The summed E-state index contributed by atoms with van der Waals surface area (Å²) in [5, 5.41) is 2.96. The topological polar surface area (TPSA) is 111 Å². The van der Waals surface area contributed by atoms with Crippen molar-refractivity contribution in [1.82, 2.24) is 5.32 Å². The van der Waals surface area contributed by atoms with Crippen LogP contribution in [0.1, 0.15) is 40.0 Å². The van der Waals surface area contributed by atoms with Gasteiger partial charge < -0.3 is 19.5 Å². The van der Waals surface area contributed by atoms with E-state index in [1.165, 1.54) is 19.2 Å². The van der Waals surface area contributed by atoms with Gasteiger partial charge in [0, 0.05) is 13.1 Å². The third-order valence-electron chi connectivity index (χ3n) is 6.77. The van der Waals surface area contributed by atoms with E-state index in [1.807, 2.05) is 6.92 Å². The number of hydrogen-bond donors (Lipinski definition) is 1. The molecule has 1 aliphatic carbocycles. The van der Waals surface area contributed by atoms with Gasteiger partial charge in [0.15, 0.2) is 13.2 Å². The summed E-state index contributed by atoms with van der Waals surface area (Å²) in [6.45, 7) is 5.94. The fourth-order valence-electron chi connectivity index (χ4n) is 4.29. The SMILES string of the molecule is CCOc1ccc(S(=O)(=O)N(C)c2ccc(OCC(=O)OCC(=O)NC3CCCC(C)C3C)cc2)cc1. The van der Waals surface area contributed by atoms with Crippen molar-refractivity contribution in [1.29, 1.82) is 0 Å². The average molecular weight is 533 g/mol. The maximum atomic E-state index is 12.9. The number of nitrogens with zero attached hydrogens (tertiary/aromatic N) is 1. The number of sulfonamides is 1. The molecule has 3 rings (SSSR count). The normalized spacial score (nSPS) is 19.5. The number of benzene rings is 2. The molecule has 1 N–H and O–H groups in total. The van der Waals surface area contributed by atoms with Gasteiger partial charge in [-0.15, -0.1) is 0 Å². The number of esters is 1. The molecule has 1 aliphatic rings. The van der Waals surface area contributed by atoms with Crippen LogP contribution in [0.3, 0.4) is 0 Å². The second kappa shape index (κ2) is 12.8. The Morgan fingerprint density at radius 3 is 2.22 bits per heavy atom. The van der Waals surface area contributed by atoms with Crippen LogP contribution in [0.25, 0.3) is 0 Å². The lowest BCUT2D eigenvalue weighted by Gasteiger charge is -2.34. The van der Waals surface area contributed by atoms with E-state index in [1.54, 1.807) is 36.4 Å². The number of hydrogen-bond acceptors (Lipinski definition) is 7. The number of rotatable bonds is 11. The Bertz CT molecular complexity index is 1150. The molecule has 0 aromatic heterocycles. The van der Waals surface area contributed by atoms with Crippen molar-refractivity contribution in [2.75, 3.05) is 31.2 Å². The standard InChI is InChI=1S/C27H36N2O7S/c1-5-34-22-13-15-24(16-14-22)37(32,33)29(4)21-9-11-23(12-10-21)35-18-27(31)36-17-26(30)28-25-8-6-7-19(2)20(25)3/h9-16,19-20,25H,5-8,17-18H2,1-4H3,(H,28,30). The van der Waals surface area contributed by atoms with Crippen LogP contribution < -0.4 is 19.1 Å². The molecular weight excluding hydrogens is 496 g/mol. The molecule has 9 nitrogen and oxygen atoms in total. The molecule has 2 aromatic rings. The van der Waals surface area contributed by atoms with Gasteiger partial charge >= 0.3 is 5.97 Å². The number of ether oxygens (including phenoxy) is 3. The summed E-state index contributed by atoms with van der Waals surface area (Å²) >= 11 is 0. The van der Waals surface area contributed by atoms with Gasteiger partial charge in [-0.3, -0.25) is 9.10 Å². The van der Waals surface area contributed by atoms with Gasteiger partial charge in [-0.1, -0.05) is 26.7 Å². The van der Waals surface area contributed by atoms with Crippen LogP contribution in [0.5, 0.6) is 11.5 Å². The monoisotopic (exact) mass is 532 g/mol. The largest absolute Gasteiger partial charge is 0.494 e. The minimum absolute atomic E-state index is 0.0982. The van der Waals surface area contributed by atoms with Crippen molar-refractivity contribution in [3.05, 3.63) is 48.5 Å². The second-order valence-electron chi connectivity index (χ2n) is 9.26. The highest BCUT2D eigenvalue weighted by molar-refractivity contribution is 7.92. The lowest BCUT2D eigenvalue weighted by molar-refractivity contribution is -0.150. The first-order valence-corrected chi connectivity index (χ1v) is 14.0. The van der Waals surface area contributed by atoms with Gasteiger partial charge in [0.2, 0.25) is 0 Å². The molecule has 0 radical (unpaired) electrons. The van der Waals surface area contributed by atoms with Crippen LogP contribution in [0.15, 0.2) is 53.4 Å². The lowest BCUT2D eigenvalue weighted by Crippen LogP contribution is -2.45. The molecule has 202 valence electrons. The number of carbonyl (C=O) groups is 2. The molecule has 37 heavy (non-hydrogen) atoms. The predicted octanol–water partition coefficient (Wildman–Crippen LogP) is 3.77. The summed E-state index contributed by atoms with van der Waals surface area (Å²) in [7, 11) is -2.31. The molecule has 0 spiro atoms. The van der Waals surface area contributed by atoms with Gasteiger partial charge in [-0.2, -0.15) is 0 Å². The minimum Gasteiger partial charge on any atom is -0.494 e. The van der Waals surface area contributed by atoms with Crippen molar-refractivity contribution in [3.8, 4) is 11.5 Å². The summed E-state index contributed by atoms with van der Waals surface area (Å²) < 4.78 is 42.9. The molecule has 1 fully saturated rings. The molecule has 0 heterocycles. The second-order valence-corrected chi connectivity index (χ2v) is 11.2. The molecule has 0 saturated heterocycles. The summed E-state index contributed by atoms with van der Waals surface area (Å²) in [6.07, 6.45) is 3.17. The fraction of sp³-hybridized carbons (Fsp3) is 0.481. The first-order chi connectivity index (χ1) is 17.6. The Morgan fingerprint density at radius 2 is 1.57 bits per heavy atom. The van der Waals surface area contributed by atoms with E-state index in [-0.39, 0.29) is 30.1 Å². The van der Waals surface area contributed by atoms with E-state index in [9.17, 15) is 18.0 Å². The van der Waals surface area contributed by atoms with Gasteiger partial charge in [-0.05, 0) is 73.7 Å². The van der Waals surface area contributed by atoms with Crippen molar-refractivity contribution in [2.24, 2.45) is 11.8 Å². The van der Waals surface area contributed by atoms with E-state index in [2.05, 4.69) is 19.2 Å². The van der Waals surface area contributed by atoms with Gasteiger partial charge in [-0.25, -0.2) is 13.2 Å². The van der Waals surface area contributed by atoms with E-state index < -0.39 is 16.0 Å². The highest BCUT2D eigenvalue weighted by atomic mass is 32.2. The fourth-order valence-corrected chi connectivity index (χ4v) is 5.48. The van der Waals surface area contributed by atoms with Crippen LogP contribution in [-0.4, -0.2) is 53.2 Å². The third-order valence-corrected chi connectivity index (χ3v) is 8.57. The molecule has 1 saturated carbocycles. The van der Waals surface area contributed by atoms with Crippen LogP contribution in [-0.2, 0) is 24.3 Å². The number of amides is 1. The van der Waals surface area contributed by atoms with Crippen LogP contribution in [0.2, 0.25) is 0 Å². The Kier molecular flexibility index (Phi) is 9.79.